The SMILES string of the molecule is CO.COc1cc(C(=O)N=C(C)N)cc(CNc2ccc(Cl)cc2C(=O)Nc2ccc(C(=N)N)cc2)c1OCC=O. The van der Waals surface area contributed by atoms with Crippen LogP contribution in [0.1, 0.15) is 38.8 Å². The molecule has 8 N–H and O–H groups in total. The number of nitrogens with one attached hydrogen (secondary N) is 3. The van der Waals surface area contributed by atoms with Crippen LogP contribution in [0.2, 0.25) is 5.02 Å². The van der Waals surface area contributed by atoms with E-state index < -0.39 is 11.8 Å². The number of amidine groups is 2. The van der Waals surface area contributed by atoms with Crippen molar-refractivity contribution in [3.05, 3.63) is 81.9 Å². The van der Waals surface area contributed by atoms with E-state index in [1.807, 2.05) is 0 Å². The first kappa shape index (κ1) is 32.3. The molecule has 0 saturated heterocycles. The molecule has 216 valence electrons. The number of aliphatic hydroxyl groups excluding tert-OH is 1. The predicted octanol–water partition coefficient (Wildman–Crippen LogP) is 3.20. The van der Waals surface area contributed by atoms with E-state index in [1.54, 1.807) is 36.4 Å². The number of carbonyl (C=O) groups excluding carboxylic acids is 3. The van der Waals surface area contributed by atoms with E-state index in [0.29, 0.717) is 33.8 Å². The lowest BCUT2D eigenvalue weighted by molar-refractivity contribution is -0.109. The largest absolute Gasteiger partial charge is 0.493 e. The molecule has 0 aromatic heterocycles. The van der Waals surface area contributed by atoms with E-state index in [-0.39, 0.29) is 47.4 Å². The molecule has 12 nitrogen and oxygen atoms in total. The minimum atomic E-state index is -0.584. The molecule has 0 saturated carbocycles. The number of benzene rings is 3. The lowest BCUT2D eigenvalue weighted by atomic mass is 10.1. The maximum atomic E-state index is 13.1. The summed E-state index contributed by atoms with van der Waals surface area (Å²) < 4.78 is 11.0. The predicted molar refractivity (Wildman–Crippen MR) is 159 cm³/mol. The number of rotatable bonds is 11. The number of hydrogen-bond acceptors (Lipinski definition) is 8. The van der Waals surface area contributed by atoms with Gasteiger partial charge in [0.05, 0.1) is 12.7 Å². The number of aliphatic hydroxyl groups is 1. The van der Waals surface area contributed by atoms with Crippen molar-refractivity contribution in [3.63, 3.8) is 0 Å². The summed E-state index contributed by atoms with van der Waals surface area (Å²) in [6.07, 6.45) is 0.586. The maximum Gasteiger partial charge on any atom is 0.278 e. The fraction of sp³-hybridized carbons (Fsp3) is 0.179. The highest BCUT2D eigenvalue weighted by molar-refractivity contribution is 6.31. The monoisotopic (exact) mass is 582 g/mol. The van der Waals surface area contributed by atoms with Crippen LogP contribution < -0.4 is 31.6 Å². The van der Waals surface area contributed by atoms with E-state index in [1.165, 1.54) is 32.2 Å². The average Bonchev–Trinajstić information content (AvgIpc) is 2.96. The molecule has 0 aliphatic heterocycles. The average molecular weight is 583 g/mol. The Balaban J connectivity index is 0.00000287. The molecular formula is C28H31ClN6O6. The number of hydrogen-bond donors (Lipinski definition) is 6. The Bertz CT molecular complexity index is 1440. The molecule has 13 heteroatoms. The van der Waals surface area contributed by atoms with Crippen LogP contribution in [-0.4, -0.2) is 55.7 Å². The second kappa shape index (κ2) is 15.6. The molecule has 3 aromatic rings. The first-order valence-electron chi connectivity index (χ1n) is 12.0. The summed E-state index contributed by atoms with van der Waals surface area (Å²) >= 11 is 6.18. The number of ether oxygens (including phenoxy) is 2. The van der Waals surface area contributed by atoms with Crippen molar-refractivity contribution in [2.75, 3.05) is 31.5 Å². The molecule has 0 aliphatic rings. The van der Waals surface area contributed by atoms with Gasteiger partial charge in [-0.15, -0.1) is 0 Å². The van der Waals surface area contributed by atoms with Crippen molar-refractivity contribution < 1.29 is 29.0 Å². The highest BCUT2D eigenvalue weighted by Crippen LogP contribution is 2.34. The normalized spacial score (nSPS) is 10.5. The molecule has 0 heterocycles. The zero-order valence-corrected chi connectivity index (χ0v) is 23.4. The minimum absolute atomic E-state index is 0.0756. The second-order valence-electron chi connectivity index (χ2n) is 8.19. The topological polar surface area (TPSA) is 202 Å². The van der Waals surface area contributed by atoms with E-state index in [0.717, 1.165) is 7.11 Å². The number of amides is 2. The number of nitrogen functional groups attached to an aromatic ring is 1. The fourth-order valence-corrected chi connectivity index (χ4v) is 3.72. The number of nitrogens with two attached hydrogens (primary N) is 2. The van der Waals surface area contributed by atoms with Crippen molar-refractivity contribution in [1.29, 1.82) is 5.41 Å². The van der Waals surface area contributed by atoms with Crippen LogP contribution in [0.25, 0.3) is 0 Å². The zero-order chi connectivity index (χ0) is 30.5. The van der Waals surface area contributed by atoms with Gasteiger partial charge >= 0.3 is 0 Å². The first-order chi connectivity index (χ1) is 19.6. The Morgan fingerprint density at radius 1 is 1.07 bits per heavy atom. The Morgan fingerprint density at radius 3 is 2.34 bits per heavy atom. The van der Waals surface area contributed by atoms with Crippen LogP contribution in [0, 0.1) is 5.41 Å². The first-order valence-corrected chi connectivity index (χ1v) is 12.4. The van der Waals surface area contributed by atoms with Crippen molar-refractivity contribution in [1.82, 2.24) is 0 Å². The molecule has 0 atom stereocenters. The van der Waals surface area contributed by atoms with Crippen LogP contribution in [0.3, 0.4) is 0 Å². The van der Waals surface area contributed by atoms with Crippen molar-refractivity contribution in [2.24, 2.45) is 16.5 Å². The third kappa shape index (κ3) is 9.05. The van der Waals surface area contributed by atoms with Gasteiger partial charge in [0.1, 0.15) is 18.3 Å². The van der Waals surface area contributed by atoms with Gasteiger partial charge in [-0.2, -0.15) is 4.99 Å². The molecule has 0 fully saturated rings. The molecule has 2 amide bonds. The number of aldehydes is 1. The van der Waals surface area contributed by atoms with E-state index in [4.69, 9.17) is 43.1 Å². The van der Waals surface area contributed by atoms with Crippen LogP contribution in [0.4, 0.5) is 11.4 Å². The summed E-state index contributed by atoms with van der Waals surface area (Å²) in [6.45, 7) is 1.32. The fourth-order valence-electron chi connectivity index (χ4n) is 3.55. The Kier molecular flexibility index (Phi) is 12.3. The van der Waals surface area contributed by atoms with Gasteiger partial charge in [0, 0.05) is 46.7 Å². The third-order valence-electron chi connectivity index (χ3n) is 5.32. The van der Waals surface area contributed by atoms with Crippen LogP contribution >= 0.6 is 11.6 Å². The lowest BCUT2D eigenvalue weighted by Gasteiger charge is -2.18. The number of halogens is 1. The number of nitrogens with zero attached hydrogens (tertiary/aromatic N) is 1. The molecule has 0 bridgehead atoms. The summed E-state index contributed by atoms with van der Waals surface area (Å²) in [4.78, 5) is 40.5. The Hall–Kier alpha value is -4.94. The van der Waals surface area contributed by atoms with Crippen LogP contribution in [0.15, 0.2) is 59.6 Å². The van der Waals surface area contributed by atoms with Gasteiger partial charge in [0.2, 0.25) is 0 Å². The van der Waals surface area contributed by atoms with Gasteiger partial charge in [-0.25, -0.2) is 0 Å². The summed E-state index contributed by atoms with van der Waals surface area (Å²) in [7, 11) is 2.40. The van der Waals surface area contributed by atoms with Gasteiger partial charge in [-0.05, 0) is 61.5 Å². The minimum Gasteiger partial charge on any atom is -0.493 e. The summed E-state index contributed by atoms with van der Waals surface area (Å²) in [5.41, 5.74) is 13.4. The molecule has 0 unspecified atom stereocenters. The third-order valence-corrected chi connectivity index (χ3v) is 5.56. The van der Waals surface area contributed by atoms with Crippen LogP contribution in [0.5, 0.6) is 11.5 Å². The number of carbonyl (C=O) groups is 3. The van der Waals surface area contributed by atoms with Gasteiger partial charge in [0.15, 0.2) is 17.8 Å². The molecular weight excluding hydrogens is 552 g/mol. The Morgan fingerprint density at radius 2 is 1.76 bits per heavy atom. The van der Waals surface area contributed by atoms with Crippen LogP contribution in [-0.2, 0) is 11.3 Å². The van der Waals surface area contributed by atoms with E-state index >= 15 is 0 Å². The van der Waals surface area contributed by atoms with Gasteiger partial charge in [0.25, 0.3) is 11.8 Å². The highest BCUT2D eigenvalue weighted by Gasteiger charge is 2.19. The molecule has 41 heavy (non-hydrogen) atoms. The lowest BCUT2D eigenvalue weighted by Crippen LogP contribution is -2.16. The number of anilines is 2. The molecule has 0 aliphatic carbocycles. The maximum absolute atomic E-state index is 13.1. The zero-order valence-electron chi connectivity index (χ0n) is 22.7. The molecule has 0 radical (unpaired) electrons. The van der Waals surface area contributed by atoms with Gasteiger partial charge in [-0.1, -0.05) is 11.6 Å². The highest BCUT2D eigenvalue weighted by atomic mass is 35.5. The second-order valence-corrected chi connectivity index (χ2v) is 8.63. The van der Waals surface area contributed by atoms with Crippen molar-refractivity contribution in [3.8, 4) is 11.5 Å². The number of methoxy groups -OCH3 is 1. The molecule has 3 aromatic carbocycles. The summed E-state index contributed by atoms with van der Waals surface area (Å²) in [5, 5.41) is 20.8. The Labute approximate surface area is 241 Å². The van der Waals surface area contributed by atoms with Gasteiger partial charge < -0.3 is 36.7 Å². The van der Waals surface area contributed by atoms with Crippen molar-refractivity contribution >= 4 is 52.7 Å². The van der Waals surface area contributed by atoms with E-state index in [9.17, 15) is 14.4 Å². The number of aliphatic imine (C=N–C) groups is 1. The van der Waals surface area contributed by atoms with Crippen molar-refractivity contribution in [2.45, 2.75) is 13.5 Å². The van der Waals surface area contributed by atoms with E-state index in [2.05, 4.69) is 15.6 Å². The molecule has 0 spiro atoms. The van der Waals surface area contributed by atoms with Gasteiger partial charge in [-0.3, -0.25) is 19.8 Å². The quantitative estimate of drug-likeness (QED) is 0.111. The standard InChI is InChI=1S/C27H27ClN6O5.CH4O/c1-15(29)33-26(36)17-11-18(24(39-10-9-35)23(12-17)38-2)14-32-22-8-5-19(28)13-21(22)27(37)34-20-6-3-16(4-7-20)25(30)31;1-2/h3-9,11-13,32H,10,14H2,1-2H3,(H3,30,31)(H,34,37)(H2,29,33,36);2H,1H3. The summed E-state index contributed by atoms with van der Waals surface area (Å²) in [5.74, 6) is -0.563. The molecule has 3 rings (SSSR count). The smallest absolute Gasteiger partial charge is 0.278 e. The summed E-state index contributed by atoms with van der Waals surface area (Å²) in [6, 6.07) is 14.2.